The molecular weight excluding hydrogens is 275 g/mol. The van der Waals surface area contributed by atoms with Crippen LogP contribution in [0.5, 0.6) is 0 Å². The highest BCUT2D eigenvalue weighted by atomic mass is 35.5. The van der Waals surface area contributed by atoms with Crippen LogP contribution in [-0.2, 0) is 12.4 Å². The van der Waals surface area contributed by atoms with Gasteiger partial charge >= 0.3 is 0 Å². The number of halogens is 2. The molecule has 0 saturated carbocycles. The summed E-state index contributed by atoms with van der Waals surface area (Å²) in [6, 6.07) is 5.86. The minimum Gasteiger partial charge on any atom is -0.342 e. The van der Waals surface area contributed by atoms with Crippen molar-refractivity contribution in [3.05, 3.63) is 29.0 Å². The highest BCUT2D eigenvalue weighted by Crippen LogP contribution is 2.22. The largest absolute Gasteiger partial charge is 0.342 e. The number of hydrogen-bond acceptors (Lipinski definition) is 2. The van der Waals surface area contributed by atoms with Crippen molar-refractivity contribution in [2.24, 2.45) is 0 Å². The summed E-state index contributed by atoms with van der Waals surface area (Å²) in [7, 11) is 0. The molecular formula is C12H14Cl2N2S. The van der Waals surface area contributed by atoms with E-state index in [1.165, 1.54) is 0 Å². The quantitative estimate of drug-likeness (QED) is 0.467. The van der Waals surface area contributed by atoms with Crippen LogP contribution in [0.15, 0.2) is 18.2 Å². The Morgan fingerprint density at radius 1 is 1.41 bits per heavy atom. The predicted octanol–water partition coefficient (Wildman–Crippen LogP) is 4.18. The van der Waals surface area contributed by atoms with E-state index in [1.807, 2.05) is 30.0 Å². The normalized spacial score (nSPS) is 11.2. The lowest BCUT2D eigenvalue weighted by molar-refractivity contribution is 0.688. The van der Waals surface area contributed by atoms with E-state index in [9.17, 15) is 0 Å². The Hall–Kier alpha value is -0.380. The summed E-state index contributed by atoms with van der Waals surface area (Å²) in [4.78, 5) is 4.31. The number of alkyl halides is 1. The number of fused-ring (bicyclic) bond motifs is 1. The molecule has 0 atom stereocenters. The third-order valence-electron chi connectivity index (χ3n) is 2.68. The van der Waals surface area contributed by atoms with Crippen LogP contribution in [0.4, 0.5) is 0 Å². The first-order valence-electron chi connectivity index (χ1n) is 5.46. The molecule has 0 aliphatic carbocycles. The molecule has 0 spiro atoms. The molecule has 0 aliphatic heterocycles. The van der Waals surface area contributed by atoms with Gasteiger partial charge in [0.1, 0.15) is 5.15 Å². The molecule has 17 heavy (non-hydrogen) atoms. The molecule has 5 heteroatoms. The van der Waals surface area contributed by atoms with Crippen molar-refractivity contribution in [2.45, 2.75) is 18.8 Å². The first kappa shape index (κ1) is 13.1. The van der Waals surface area contributed by atoms with E-state index < -0.39 is 0 Å². The Morgan fingerprint density at radius 2 is 2.24 bits per heavy atom. The van der Waals surface area contributed by atoms with Crippen LogP contribution < -0.4 is 0 Å². The average Bonchev–Trinajstić information content (AvgIpc) is 2.67. The second-order valence-corrected chi connectivity index (χ2v) is 5.45. The maximum Gasteiger partial charge on any atom is 0.129 e. The fourth-order valence-corrected chi connectivity index (χ4v) is 2.70. The summed E-state index contributed by atoms with van der Waals surface area (Å²) in [5.74, 6) is 1.66. The van der Waals surface area contributed by atoms with Gasteiger partial charge < -0.3 is 4.57 Å². The van der Waals surface area contributed by atoms with Gasteiger partial charge in [0.25, 0.3) is 0 Å². The highest BCUT2D eigenvalue weighted by Gasteiger charge is 2.09. The number of pyridine rings is 1. The Labute approximate surface area is 115 Å². The SMILES string of the molecule is CSCCCn1c(CCl)cc2nc(Cl)ccc21. The molecule has 0 radical (unpaired) electrons. The summed E-state index contributed by atoms with van der Waals surface area (Å²) in [6.45, 7) is 0.982. The van der Waals surface area contributed by atoms with Crippen molar-refractivity contribution in [2.75, 3.05) is 12.0 Å². The number of nitrogens with zero attached hydrogens (tertiary/aromatic N) is 2. The molecule has 0 aromatic carbocycles. The molecule has 0 unspecified atom stereocenters. The van der Waals surface area contributed by atoms with Crippen molar-refractivity contribution in [1.29, 1.82) is 0 Å². The van der Waals surface area contributed by atoms with Crippen LogP contribution in [0.2, 0.25) is 5.15 Å². The molecule has 0 amide bonds. The van der Waals surface area contributed by atoms with Crippen LogP contribution in [0.3, 0.4) is 0 Å². The number of aryl methyl sites for hydroxylation is 1. The van der Waals surface area contributed by atoms with Gasteiger partial charge in [-0.25, -0.2) is 4.98 Å². The van der Waals surface area contributed by atoms with Crippen molar-refractivity contribution in [3.63, 3.8) is 0 Å². The molecule has 0 bridgehead atoms. The first-order valence-corrected chi connectivity index (χ1v) is 7.76. The maximum absolute atomic E-state index is 5.97. The van der Waals surface area contributed by atoms with Crippen LogP contribution in [0.25, 0.3) is 11.0 Å². The number of thioether (sulfide) groups is 1. The van der Waals surface area contributed by atoms with E-state index in [0.717, 1.165) is 35.4 Å². The molecule has 0 aliphatic rings. The second-order valence-electron chi connectivity index (χ2n) is 3.81. The molecule has 0 N–H and O–H groups in total. The third-order valence-corrected chi connectivity index (χ3v) is 3.86. The summed E-state index contributed by atoms with van der Waals surface area (Å²) in [5, 5.41) is 0.528. The van der Waals surface area contributed by atoms with Crippen LogP contribution >= 0.6 is 35.0 Å². The molecule has 92 valence electrons. The van der Waals surface area contributed by atoms with E-state index in [2.05, 4.69) is 15.8 Å². The second kappa shape index (κ2) is 5.98. The number of hydrogen-bond donors (Lipinski definition) is 0. The summed E-state index contributed by atoms with van der Waals surface area (Å²) >= 11 is 13.7. The van der Waals surface area contributed by atoms with Gasteiger partial charge in [-0.3, -0.25) is 0 Å². The standard InChI is InChI=1S/C12H14Cl2N2S/c1-17-6-2-5-16-9(8-13)7-10-11(16)3-4-12(14)15-10/h3-4,7H,2,5-6,8H2,1H3. The van der Waals surface area contributed by atoms with Gasteiger partial charge in [-0.15, -0.1) is 11.6 Å². The Balaban J connectivity index is 2.36. The molecule has 2 aromatic heterocycles. The monoisotopic (exact) mass is 288 g/mol. The van der Waals surface area contributed by atoms with E-state index in [0.29, 0.717) is 11.0 Å². The van der Waals surface area contributed by atoms with E-state index in [-0.39, 0.29) is 0 Å². The zero-order valence-electron chi connectivity index (χ0n) is 9.62. The van der Waals surface area contributed by atoms with Crippen LogP contribution in [0, 0.1) is 0 Å². The lowest BCUT2D eigenvalue weighted by Gasteiger charge is -2.08. The smallest absolute Gasteiger partial charge is 0.129 e. The van der Waals surface area contributed by atoms with Crippen LogP contribution in [0.1, 0.15) is 12.1 Å². The van der Waals surface area contributed by atoms with Crippen molar-refractivity contribution in [1.82, 2.24) is 9.55 Å². The highest BCUT2D eigenvalue weighted by molar-refractivity contribution is 7.98. The fourth-order valence-electron chi connectivity index (χ4n) is 1.91. The van der Waals surface area contributed by atoms with E-state index >= 15 is 0 Å². The Bertz CT molecular complexity index is 510. The van der Waals surface area contributed by atoms with Crippen molar-refractivity contribution < 1.29 is 0 Å². The first-order chi connectivity index (χ1) is 8.26. The fraction of sp³-hybridized carbons (Fsp3) is 0.417. The zero-order valence-corrected chi connectivity index (χ0v) is 11.9. The van der Waals surface area contributed by atoms with Gasteiger partial charge in [0.15, 0.2) is 0 Å². The minimum atomic E-state index is 0.507. The molecule has 0 fully saturated rings. The number of aromatic nitrogens is 2. The zero-order chi connectivity index (χ0) is 12.3. The topological polar surface area (TPSA) is 17.8 Å². The minimum absolute atomic E-state index is 0.507. The summed E-state index contributed by atoms with van der Waals surface area (Å²) in [5.41, 5.74) is 3.15. The molecule has 2 aromatic rings. The van der Waals surface area contributed by atoms with Gasteiger partial charge in [0.2, 0.25) is 0 Å². The molecule has 0 saturated heterocycles. The Morgan fingerprint density at radius 3 is 2.94 bits per heavy atom. The van der Waals surface area contributed by atoms with Crippen LogP contribution in [-0.4, -0.2) is 21.6 Å². The summed E-state index contributed by atoms with van der Waals surface area (Å²) < 4.78 is 2.24. The maximum atomic E-state index is 5.97. The average molecular weight is 289 g/mol. The van der Waals surface area contributed by atoms with Crippen molar-refractivity contribution >= 4 is 46.0 Å². The molecule has 2 nitrogen and oxygen atoms in total. The van der Waals surface area contributed by atoms with Gasteiger partial charge in [-0.05, 0) is 36.6 Å². The lowest BCUT2D eigenvalue weighted by atomic mass is 10.4. The molecule has 2 heterocycles. The number of rotatable bonds is 5. The third kappa shape index (κ3) is 2.90. The Kier molecular flexibility index (Phi) is 4.60. The van der Waals surface area contributed by atoms with Crippen molar-refractivity contribution in [3.8, 4) is 0 Å². The van der Waals surface area contributed by atoms with E-state index in [4.69, 9.17) is 23.2 Å². The van der Waals surface area contributed by atoms with Gasteiger partial charge in [-0.1, -0.05) is 11.6 Å². The van der Waals surface area contributed by atoms with Gasteiger partial charge in [0.05, 0.1) is 16.9 Å². The lowest BCUT2D eigenvalue weighted by Crippen LogP contribution is -2.02. The van der Waals surface area contributed by atoms with Gasteiger partial charge in [-0.2, -0.15) is 11.8 Å². The van der Waals surface area contributed by atoms with E-state index in [1.54, 1.807) is 0 Å². The predicted molar refractivity (Wildman–Crippen MR) is 77.3 cm³/mol. The molecule has 2 rings (SSSR count). The summed E-state index contributed by atoms with van der Waals surface area (Å²) in [6.07, 6.45) is 3.26. The van der Waals surface area contributed by atoms with Gasteiger partial charge in [0, 0.05) is 12.2 Å².